The second kappa shape index (κ2) is 64.8. The number of allylic oxidation sites excluding steroid dienone is 32. The van der Waals surface area contributed by atoms with Gasteiger partial charge in [-0.25, -0.2) is 0 Å². The van der Waals surface area contributed by atoms with E-state index in [2.05, 4.69) is 203 Å². The molecule has 0 amide bonds. The van der Waals surface area contributed by atoms with Gasteiger partial charge in [-0.3, -0.25) is 14.4 Å². The van der Waals surface area contributed by atoms with E-state index in [0.29, 0.717) is 19.3 Å². The van der Waals surface area contributed by atoms with Crippen molar-refractivity contribution < 1.29 is 28.6 Å². The molecule has 6 nitrogen and oxygen atoms in total. The van der Waals surface area contributed by atoms with Gasteiger partial charge >= 0.3 is 17.9 Å². The molecule has 0 spiro atoms. The molecule has 438 valence electrons. The van der Waals surface area contributed by atoms with Crippen LogP contribution < -0.4 is 0 Å². The minimum atomic E-state index is -0.862. The molecular formula is C73H110O6. The molecule has 1 unspecified atom stereocenters. The van der Waals surface area contributed by atoms with E-state index in [-0.39, 0.29) is 38.0 Å². The number of unbranched alkanes of at least 4 members (excludes halogenated alkanes) is 10. The van der Waals surface area contributed by atoms with Crippen LogP contribution in [0.2, 0.25) is 0 Å². The van der Waals surface area contributed by atoms with Crippen molar-refractivity contribution in [3.8, 4) is 0 Å². The van der Waals surface area contributed by atoms with Crippen LogP contribution >= 0.6 is 0 Å². The lowest BCUT2D eigenvalue weighted by atomic mass is 10.1. The minimum Gasteiger partial charge on any atom is -0.462 e. The maximum absolute atomic E-state index is 12.9. The summed E-state index contributed by atoms with van der Waals surface area (Å²) in [6.45, 7) is 6.24. The molecule has 0 aliphatic rings. The van der Waals surface area contributed by atoms with Crippen molar-refractivity contribution in [1.29, 1.82) is 0 Å². The van der Waals surface area contributed by atoms with Crippen molar-refractivity contribution in [1.82, 2.24) is 0 Å². The van der Waals surface area contributed by atoms with Gasteiger partial charge in [-0.1, -0.05) is 254 Å². The Morgan fingerprint density at radius 3 is 0.873 bits per heavy atom. The van der Waals surface area contributed by atoms with Gasteiger partial charge in [-0.2, -0.15) is 0 Å². The molecule has 0 aromatic rings. The third kappa shape index (κ3) is 63.0. The summed E-state index contributed by atoms with van der Waals surface area (Å²) in [6, 6.07) is 0. The van der Waals surface area contributed by atoms with Gasteiger partial charge < -0.3 is 14.2 Å². The molecule has 0 aromatic heterocycles. The molecule has 0 radical (unpaired) electrons. The summed E-state index contributed by atoms with van der Waals surface area (Å²) >= 11 is 0. The van der Waals surface area contributed by atoms with E-state index in [1.807, 2.05) is 12.2 Å². The normalized spacial score (nSPS) is 13.5. The SMILES string of the molecule is CC/C=C\C/C=C\C/C=C\C/C=C\C/C=C\C/C=C\C/C=C\CCCC(=O)OCC(COC(=O)CCCCCCCC/C=C\C/C=C\C/C=C\CCCCC)OC(=O)CC/C=C\C/C=C\C/C=C\C/C=C\C/C=C\C/C=C\CC. The maximum Gasteiger partial charge on any atom is 0.306 e. The average molecular weight is 1080 g/mol. The van der Waals surface area contributed by atoms with Crippen LogP contribution in [0.1, 0.15) is 226 Å². The summed E-state index contributed by atoms with van der Waals surface area (Å²) < 4.78 is 16.8. The lowest BCUT2D eigenvalue weighted by Crippen LogP contribution is -2.30. The fourth-order valence-electron chi connectivity index (χ4n) is 7.52. The quantitative estimate of drug-likeness (QED) is 0.0261. The van der Waals surface area contributed by atoms with Gasteiger partial charge in [0, 0.05) is 19.3 Å². The van der Waals surface area contributed by atoms with Crippen molar-refractivity contribution in [2.24, 2.45) is 0 Å². The van der Waals surface area contributed by atoms with Crippen molar-refractivity contribution in [2.45, 2.75) is 232 Å². The number of carbonyl (C=O) groups is 3. The van der Waals surface area contributed by atoms with Crippen molar-refractivity contribution >= 4 is 17.9 Å². The monoisotopic (exact) mass is 1080 g/mol. The Hall–Kier alpha value is -5.75. The van der Waals surface area contributed by atoms with Crippen molar-refractivity contribution in [3.63, 3.8) is 0 Å². The molecule has 0 saturated carbocycles. The lowest BCUT2D eigenvalue weighted by molar-refractivity contribution is -0.166. The maximum atomic E-state index is 12.9. The molecule has 79 heavy (non-hydrogen) atoms. The smallest absolute Gasteiger partial charge is 0.306 e. The Morgan fingerprint density at radius 1 is 0.266 bits per heavy atom. The number of rotatable bonds is 53. The average Bonchev–Trinajstić information content (AvgIpc) is 3.45. The van der Waals surface area contributed by atoms with Gasteiger partial charge in [0.1, 0.15) is 13.2 Å². The van der Waals surface area contributed by atoms with Gasteiger partial charge in [0.2, 0.25) is 0 Å². The molecule has 0 saturated heterocycles. The Balaban J connectivity index is 4.66. The summed E-state index contributed by atoms with van der Waals surface area (Å²) in [5.74, 6) is -1.11. The molecule has 1 atom stereocenters. The van der Waals surface area contributed by atoms with E-state index in [4.69, 9.17) is 14.2 Å². The minimum absolute atomic E-state index is 0.144. The predicted octanol–water partition coefficient (Wildman–Crippen LogP) is 21.4. The summed E-state index contributed by atoms with van der Waals surface area (Å²) in [7, 11) is 0. The Labute approximate surface area is 484 Å². The van der Waals surface area contributed by atoms with Crippen LogP contribution in [0.4, 0.5) is 0 Å². The highest BCUT2D eigenvalue weighted by molar-refractivity contribution is 5.71. The van der Waals surface area contributed by atoms with Crippen molar-refractivity contribution in [3.05, 3.63) is 194 Å². The second-order valence-electron chi connectivity index (χ2n) is 19.5. The standard InChI is InChI=1S/C73H110O6/c1-4-7-10-13-16-19-22-25-28-31-34-35-36-37-40-42-45-48-51-54-57-60-63-66-72(75)78-69-70(79-73(76)67-64-61-58-55-52-49-46-43-39-33-30-27-24-21-18-15-12-9-6-3)68-77-71(74)65-62-59-56-53-50-47-44-41-38-32-29-26-23-20-17-14-11-8-5-2/h7,9-10,12,16-21,25-30,34-35,37-41,43,45,48-49,52,54,57-58,61,70H,4-6,8,11,13-15,22-24,31-33,36,42,44,46-47,50-51,53,55-56,59-60,62-69H2,1-3H3/b10-7-,12-9-,19-16-,20-17-,21-18-,28-25-,29-26-,30-27-,35-34-,40-37-,41-38-,43-39-,48-45-,52-49-,57-54-,61-58-. The first-order valence-electron chi connectivity index (χ1n) is 30.9. The predicted molar refractivity (Wildman–Crippen MR) is 343 cm³/mol. The third-order valence-electron chi connectivity index (χ3n) is 12.1. The zero-order valence-corrected chi connectivity index (χ0v) is 50.0. The zero-order chi connectivity index (χ0) is 57.1. The van der Waals surface area contributed by atoms with Crippen LogP contribution in [-0.4, -0.2) is 37.2 Å². The first-order valence-corrected chi connectivity index (χ1v) is 30.9. The van der Waals surface area contributed by atoms with E-state index in [9.17, 15) is 14.4 Å². The van der Waals surface area contributed by atoms with Gasteiger partial charge in [-0.15, -0.1) is 0 Å². The number of carbonyl (C=O) groups excluding carboxylic acids is 3. The van der Waals surface area contributed by atoms with Gasteiger partial charge in [-0.05, 0) is 148 Å². The zero-order valence-electron chi connectivity index (χ0n) is 50.0. The molecule has 0 aliphatic carbocycles. The molecule has 0 aliphatic heterocycles. The van der Waals surface area contributed by atoms with E-state index in [1.165, 1.54) is 38.5 Å². The van der Waals surface area contributed by atoms with Crippen LogP contribution in [0, 0.1) is 0 Å². The number of hydrogen-bond donors (Lipinski definition) is 0. The summed E-state index contributed by atoms with van der Waals surface area (Å²) in [6.07, 6.45) is 98.7. The number of esters is 3. The van der Waals surface area contributed by atoms with Crippen LogP contribution in [0.15, 0.2) is 194 Å². The highest BCUT2D eigenvalue weighted by Gasteiger charge is 2.19. The van der Waals surface area contributed by atoms with E-state index in [0.717, 1.165) is 135 Å². The molecule has 0 N–H and O–H groups in total. The summed E-state index contributed by atoms with van der Waals surface area (Å²) in [4.78, 5) is 38.3. The molecule has 0 heterocycles. The largest absolute Gasteiger partial charge is 0.462 e. The fourth-order valence-corrected chi connectivity index (χ4v) is 7.52. The fraction of sp³-hybridized carbons (Fsp3) is 0.521. The van der Waals surface area contributed by atoms with Crippen LogP contribution in [0.5, 0.6) is 0 Å². The Bertz CT molecular complexity index is 1920. The van der Waals surface area contributed by atoms with Gasteiger partial charge in [0.25, 0.3) is 0 Å². The summed E-state index contributed by atoms with van der Waals surface area (Å²) in [5, 5.41) is 0. The van der Waals surface area contributed by atoms with Gasteiger partial charge in [0.05, 0.1) is 0 Å². The topological polar surface area (TPSA) is 78.9 Å². The van der Waals surface area contributed by atoms with Crippen LogP contribution in [-0.2, 0) is 28.6 Å². The lowest BCUT2D eigenvalue weighted by Gasteiger charge is -2.18. The van der Waals surface area contributed by atoms with E-state index in [1.54, 1.807) is 0 Å². The highest BCUT2D eigenvalue weighted by atomic mass is 16.6. The molecular weight excluding hydrogens is 973 g/mol. The third-order valence-corrected chi connectivity index (χ3v) is 12.1. The first kappa shape index (κ1) is 73.2. The number of hydrogen-bond acceptors (Lipinski definition) is 6. The number of ether oxygens (including phenoxy) is 3. The Kier molecular flexibility index (Phi) is 60.1. The van der Waals surface area contributed by atoms with Crippen LogP contribution in [0.3, 0.4) is 0 Å². The van der Waals surface area contributed by atoms with E-state index >= 15 is 0 Å². The Morgan fingerprint density at radius 2 is 0.532 bits per heavy atom. The molecule has 0 fully saturated rings. The molecule has 0 rings (SSSR count). The van der Waals surface area contributed by atoms with Crippen LogP contribution in [0.25, 0.3) is 0 Å². The first-order chi connectivity index (χ1) is 39.0. The van der Waals surface area contributed by atoms with Gasteiger partial charge in [0.15, 0.2) is 6.10 Å². The second-order valence-corrected chi connectivity index (χ2v) is 19.5. The molecule has 0 aromatic carbocycles. The van der Waals surface area contributed by atoms with Crippen molar-refractivity contribution in [2.75, 3.05) is 13.2 Å². The molecule has 0 bridgehead atoms. The highest BCUT2D eigenvalue weighted by Crippen LogP contribution is 2.12. The van der Waals surface area contributed by atoms with E-state index < -0.39 is 12.1 Å². The molecule has 6 heteroatoms. The summed E-state index contributed by atoms with van der Waals surface area (Å²) in [5.41, 5.74) is 0.